The summed E-state index contributed by atoms with van der Waals surface area (Å²) in [5.74, 6) is 1.24. The van der Waals surface area contributed by atoms with Crippen molar-refractivity contribution in [1.29, 1.82) is 0 Å². The quantitative estimate of drug-likeness (QED) is 0.379. The predicted octanol–water partition coefficient (Wildman–Crippen LogP) is 5.61. The number of phosphoric acid groups is 1. The number of phosphoric ester groups is 1. The third-order valence-electron chi connectivity index (χ3n) is 3.71. The Hall–Kier alpha value is -1.53. The van der Waals surface area contributed by atoms with Crippen molar-refractivity contribution in [3.05, 3.63) is 89.5 Å². The molecule has 0 unspecified atom stereocenters. The maximum Gasteiger partial charge on any atom is 0 e. The SMILES string of the molecule is Cc1ccc(OP(=O)(Oc2ccc(C)cc2)Oc2ccc(C)cc2)cc1.[LiH].[V]. The van der Waals surface area contributed by atoms with Gasteiger partial charge in [-0.2, -0.15) is 4.57 Å². The van der Waals surface area contributed by atoms with Crippen molar-refractivity contribution in [1.82, 2.24) is 0 Å². The van der Waals surface area contributed by atoms with E-state index in [2.05, 4.69) is 0 Å². The fourth-order valence-corrected chi connectivity index (χ4v) is 3.49. The van der Waals surface area contributed by atoms with E-state index < -0.39 is 7.82 Å². The molecule has 141 valence electrons. The normalized spacial score (nSPS) is 10.2. The molecule has 0 bridgehead atoms. The van der Waals surface area contributed by atoms with Gasteiger partial charge in [0.25, 0.3) is 0 Å². The number of aryl methyl sites for hydroxylation is 3. The van der Waals surface area contributed by atoms with Crippen LogP contribution < -0.4 is 13.6 Å². The maximum absolute atomic E-state index is 13.3. The van der Waals surface area contributed by atoms with E-state index in [4.69, 9.17) is 13.6 Å². The van der Waals surface area contributed by atoms with Gasteiger partial charge in [0.1, 0.15) is 17.2 Å². The molecule has 0 atom stereocenters. The van der Waals surface area contributed by atoms with E-state index >= 15 is 0 Å². The van der Waals surface area contributed by atoms with Crippen LogP contribution in [0.4, 0.5) is 0 Å². The smallest absolute Gasteiger partial charge is 0 e. The van der Waals surface area contributed by atoms with Crippen LogP contribution in [0.1, 0.15) is 16.7 Å². The minimum atomic E-state index is -3.93. The van der Waals surface area contributed by atoms with Crippen LogP contribution in [-0.4, -0.2) is 18.9 Å². The van der Waals surface area contributed by atoms with Gasteiger partial charge in [0.15, 0.2) is 0 Å². The summed E-state index contributed by atoms with van der Waals surface area (Å²) in [5.41, 5.74) is 3.23. The van der Waals surface area contributed by atoms with E-state index in [0.717, 1.165) is 16.7 Å². The van der Waals surface area contributed by atoms with Crippen molar-refractivity contribution in [2.24, 2.45) is 0 Å². The Balaban J connectivity index is 0.00000196. The summed E-state index contributed by atoms with van der Waals surface area (Å²) in [6.07, 6.45) is 0. The summed E-state index contributed by atoms with van der Waals surface area (Å²) in [6, 6.07) is 21.6. The Morgan fingerprint density at radius 2 is 0.750 bits per heavy atom. The zero-order valence-electron chi connectivity index (χ0n) is 15.5. The molecule has 7 heteroatoms. The van der Waals surface area contributed by atoms with Gasteiger partial charge in [-0.3, -0.25) is 0 Å². The molecule has 0 spiro atoms. The summed E-state index contributed by atoms with van der Waals surface area (Å²) in [6.45, 7) is 5.90. The predicted molar refractivity (Wildman–Crippen MR) is 110 cm³/mol. The first-order valence-electron chi connectivity index (χ1n) is 8.31. The second kappa shape index (κ2) is 10.9. The second-order valence-electron chi connectivity index (χ2n) is 6.16. The van der Waals surface area contributed by atoms with Crippen LogP contribution in [0.15, 0.2) is 72.8 Å². The maximum atomic E-state index is 13.3. The van der Waals surface area contributed by atoms with Crippen molar-refractivity contribution in [2.45, 2.75) is 20.8 Å². The fraction of sp³-hybridized carbons (Fsp3) is 0.143. The van der Waals surface area contributed by atoms with Crippen molar-refractivity contribution in [2.75, 3.05) is 0 Å². The average molecular weight is 427 g/mol. The summed E-state index contributed by atoms with van der Waals surface area (Å²) in [4.78, 5) is 0. The van der Waals surface area contributed by atoms with Crippen LogP contribution in [0.25, 0.3) is 0 Å². The molecule has 0 fully saturated rings. The second-order valence-corrected chi connectivity index (χ2v) is 7.60. The molecular weight excluding hydrogens is 405 g/mol. The average Bonchev–Trinajstić information content (AvgIpc) is 2.61. The van der Waals surface area contributed by atoms with Gasteiger partial charge in [-0.1, -0.05) is 53.1 Å². The van der Waals surface area contributed by atoms with Gasteiger partial charge < -0.3 is 13.6 Å². The fourth-order valence-electron chi connectivity index (χ4n) is 2.24. The molecule has 0 saturated heterocycles. The summed E-state index contributed by atoms with van der Waals surface area (Å²) in [7, 11) is -3.93. The molecule has 0 aliphatic carbocycles. The van der Waals surface area contributed by atoms with Crippen molar-refractivity contribution >= 4 is 26.7 Å². The van der Waals surface area contributed by atoms with Gasteiger partial charge in [0.2, 0.25) is 0 Å². The van der Waals surface area contributed by atoms with Gasteiger partial charge in [-0.05, 0) is 57.2 Å². The monoisotopic (exact) mass is 427 g/mol. The van der Waals surface area contributed by atoms with E-state index in [1.165, 1.54) is 0 Å². The van der Waals surface area contributed by atoms with Crippen LogP contribution in [0, 0.1) is 20.8 Å². The molecule has 0 amide bonds. The molecule has 28 heavy (non-hydrogen) atoms. The zero-order chi connectivity index (χ0) is 18.6. The number of hydrogen-bond donors (Lipinski definition) is 0. The van der Waals surface area contributed by atoms with Gasteiger partial charge in [0.05, 0.1) is 0 Å². The van der Waals surface area contributed by atoms with Crippen LogP contribution in [0.2, 0.25) is 0 Å². The number of rotatable bonds is 6. The van der Waals surface area contributed by atoms with Crippen molar-refractivity contribution in [3.63, 3.8) is 0 Å². The Labute approximate surface area is 190 Å². The van der Waals surface area contributed by atoms with Crippen LogP contribution >= 0.6 is 7.82 Å². The molecule has 0 N–H and O–H groups in total. The Bertz CT molecular complexity index is 790. The number of hydrogen-bond acceptors (Lipinski definition) is 4. The largest absolute Gasteiger partial charge is 0 e. The van der Waals surface area contributed by atoms with Crippen molar-refractivity contribution in [3.8, 4) is 17.2 Å². The Morgan fingerprint density at radius 1 is 0.536 bits per heavy atom. The first kappa shape index (κ1) is 24.5. The van der Waals surface area contributed by atoms with E-state index in [-0.39, 0.29) is 37.4 Å². The molecule has 0 aliphatic heterocycles. The third kappa shape index (κ3) is 7.13. The molecule has 0 heterocycles. The molecule has 0 aromatic heterocycles. The minimum absolute atomic E-state index is 0. The first-order chi connectivity index (χ1) is 12.4. The molecule has 1 radical (unpaired) electrons. The molecule has 3 rings (SSSR count). The Morgan fingerprint density at radius 3 is 0.964 bits per heavy atom. The van der Waals surface area contributed by atoms with Crippen molar-refractivity contribution < 1.29 is 36.7 Å². The first-order valence-corrected chi connectivity index (χ1v) is 9.77. The van der Waals surface area contributed by atoms with E-state index in [0.29, 0.717) is 17.2 Å². The van der Waals surface area contributed by atoms with Gasteiger partial charge >= 0.3 is 26.7 Å². The zero-order valence-corrected chi connectivity index (χ0v) is 17.7. The van der Waals surface area contributed by atoms with Gasteiger partial charge in [-0.25, -0.2) is 0 Å². The summed E-state index contributed by atoms with van der Waals surface area (Å²) < 4.78 is 30.2. The third-order valence-corrected chi connectivity index (χ3v) is 5.02. The van der Waals surface area contributed by atoms with Crippen LogP contribution in [0.5, 0.6) is 17.2 Å². The topological polar surface area (TPSA) is 44.8 Å². The van der Waals surface area contributed by atoms with Crippen LogP contribution in [0.3, 0.4) is 0 Å². The Kier molecular flexibility index (Phi) is 9.51. The summed E-state index contributed by atoms with van der Waals surface area (Å²) in [5, 5.41) is 0. The molecule has 4 nitrogen and oxygen atoms in total. The molecule has 3 aromatic carbocycles. The number of benzene rings is 3. The summed E-state index contributed by atoms with van der Waals surface area (Å²) >= 11 is 0. The van der Waals surface area contributed by atoms with Gasteiger partial charge in [-0.15, -0.1) is 0 Å². The molecule has 0 aliphatic rings. The molecular formula is C21H22LiO4PV. The minimum Gasteiger partial charge on any atom is 0 e. The van der Waals surface area contributed by atoms with E-state index in [1.54, 1.807) is 36.4 Å². The van der Waals surface area contributed by atoms with Gasteiger partial charge in [0, 0.05) is 18.6 Å². The van der Waals surface area contributed by atoms with E-state index in [1.807, 2.05) is 57.2 Å². The van der Waals surface area contributed by atoms with E-state index in [9.17, 15) is 4.57 Å². The molecule has 0 saturated carbocycles. The standard InChI is InChI=1S/C21H21O4P.Li.V.H/c1-16-4-10-19(11-5-16)23-26(22,24-20-12-6-17(2)7-13-20)25-21-14-8-18(3)9-15-21;;;/h4-15H,1-3H3;;;. The molecule has 3 aromatic rings. The van der Waals surface area contributed by atoms with Crippen LogP contribution in [-0.2, 0) is 23.1 Å².